The number of ether oxygens (including phenoxy) is 1. The summed E-state index contributed by atoms with van der Waals surface area (Å²) in [5, 5.41) is 10.1. The number of alkyl halides is 3. The highest BCUT2D eigenvalue weighted by Gasteiger charge is 2.30. The second-order valence-corrected chi connectivity index (χ2v) is 7.49. The number of nitrogens with one attached hydrogen (secondary N) is 1. The predicted molar refractivity (Wildman–Crippen MR) is 80.8 cm³/mol. The van der Waals surface area contributed by atoms with E-state index in [9.17, 15) is 26.7 Å². The number of aliphatic hydroxyl groups is 1. The van der Waals surface area contributed by atoms with Gasteiger partial charge in [0, 0.05) is 19.8 Å². The Labute approximate surface area is 138 Å². The first-order valence-corrected chi connectivity index (χ1v) is 9.11. The highest BCUT2D eigenvalue weighted by molar-refractivity contribution is 7.89. The Hall–Kier alpha value is -1.16. The molecule has 0 amide bonds. The molecule has 1 unspecified atom stereocenters. The van der Waals surface area contributed by atoms with E-state index in [1.54, 1.807) is 0 Å². The topological polar surface area (TPSA) is 75.6 Å². The third kappa shape index (κ3) is 5.17. The smallest absolute Gasteiger partial charge is 0.393 e. The zero-order valence-electron chi connectivity index (χ0n) is 12.9. The van der Waals surface area contributed by atoms with Gasteiger partial charge in [-0.25, -0.2) is 13.1 Å². The van der Waals surface area contributed by atoms with Crippen molar-refractivity contribution in [3.8, 4) is 0 Å². The van der Waals surface area contributed by atoms with Crippen LogP contribution >= 0.6 is 0 Å². The van der Waals surface area contributed by atoms with Gasteiger partial charge in [-0.05, 0) is 49.4 Å². The lowest BCUT2D eigenvalue weighted by Gasteiger charge is -2.26. The molecule has 1 aromatic rings. The minimum atomic E-state index is -4.51. The molecule has 0 bridgehead atoms. The summed E-state index contributed by atoms with van der Waals surface area (Å²) in [7, 11) is -3.90. The predicted octanol–water partition coefficient (Wildman–Crippen LogP) is 2.16. The van der Waals surface area contributed by atoms with Gasteiger partial charge < -0.3 is 9.84 Å². The molecule has 5 nitrogen and oxygen atoms in total. The van der Waals surface area contributed by atoms with Gasteiger partial charge in [-0.1, -0.05) is 0 Å². The maximum absolute atomic E-state index is 12.5. The molecule has 1 aliphatic rings. The number of hydrogen-bond acceptors (Lipinski definition) is 4. The lowest BCUT2D eigenvalue weighted by molar-refractivity contribution is -0.137. The van der Waals surface area contributed by atoms with Crippen LogP contribution in [-0.4, -0.2) is 39.4 Å². The van der Waals surface area contributed by atoms with Crippen molar-refractivity contribution < 1.29 is 31.4 Å². The first-order chi connectivity index (χ1) is 11.2. The van der Waals surface area contributed by atoms with Crippen molar-refractivity contribution in [3.05, 3.63) is 29.8 Å². The Morgan fingerprint density at radius 2 is 1.79 bits per heavy atom. The second-order valence-electron chi connectivity index (χ2n) is 5.73. The molecular formula is C15H20F3NO4S. The minimum absolute atomic E-state index is 0.0158. The molecule has 9 heteroatoms. The van der Waals surface area contributed by atoms with Crippen molar-refractivity contribution >= 4 is 10.0 Å². The quantitative estimate of drug-likeness (QED) is 0.808. The molecule has 2 rings (SSSR count). The molecular weight excluding hydrogens is 347 g/mol. The molecule has 0 saturated carbocycles. The van der Waals surface area contributed by atoms with Crippen LogP contribution in [0.1, 0.15) is 24.8 Å². The van der Waals surface area contributed by atoms with Crippen molar-refractivity contribution in [3.63, 3.8) is 0 Å². The summed E-state index contributed by atoms with van der Waals surface area (Å²) in [5.41, 5.74) is -0.906. The van der Waals surface area contributed by atoms with Crippen molar-refractivity contribution in [2.45, 2.75) is 36.4 Å². The van der Waals surface area contributed by atoms with Gasteiger partial charge in [-0.3, -0.25) is 0 Å². The molecule has 1 fully saturated rings. The van der Waals surface area contributed by atoms with E-state index in [2.05, 4.69) is 4.72 Å². The lowest BCUT2D eigenvalue weighted by atomic mass is 9.92. The van der Waals surface area contributed by atoms with E-state index in [-0.39, 0.29) is 23.8 Å². The minimum Gasteiger partial charge on any atom is -0.393 e. The van der Waals surface area contributed by atoms with E-state index in [0.29, 0.717) is 13.2 Å². The van der Waals surface area contributed by atoms with Crippen LogP contribution in [0.2, 0.25) is 0 Å². The molecule has 1 aromatic carbocycles. The lowest BCUT2D eigenvalue weighted by Crippen LogP contribution is -2.32. The molecule has 1 aliphatic heterocycles. The Bertz CT molecular complexity index is 625. The van der Waals surface area contributed by atoms with Crippen LogP contribution in [0.5, 0.6) is 0 Å². The maximum atomic E-state index is 12.5. The SMILES string of the molecule is O=S(=O)(NCCC(O)C1CCOCC1)c1ccc(C(F)(F)F)cc1. The largest absolute Gasteiger partial charge is 0.416 e. The zero-order chi connectivity index (χ0) is 17.8. The standard InChI is InChI=1S/C15H20F3NO4S/c16-15(17,18)12-1-3-13(4-2-12)24(21,22)19-8-5-14(20)11-6-9-23-10-7-11/h1-4,11,14,19-20H,5-10H2. The van der Waals surface area contributed by atoms with E-state index in [4.69, 9.17) is 4.74 Å². The molecule has 24 heavy (non-hydrogen) atoms. The Morgan fingerprint density at radius 3 is 2.33 bits per heavy atom. The Kier molecular flexibility index (Phi) is 6.24. The zero-order valence-corrected chi connectivity index (χ0v) is 13.7. The number of benzene rings is 1. The van der Waals surface area contributed by atoms with Gasteiger partial charge in [-0.2, -0.15) is 13.2 Å². The first kappa shape index (κ1) is 19.2. The maximum Gasteiger partial charge on any atom is 0.416 e. The summed E-state index contributed by atoms with van der Waals surface area (Å²) >= 11 is 0. The van der Waals surface area contributed by atoms with Crippen molar-refractivity contribution in [2.75, 3.05) is 19.8 Å². The molecule has 1 saturated heterocycles. The fourth-order valence-corrected chi connectivity index (χ4v) is 3.63. The number of sulfonamides is 1. The van der Waals surface area contributed by atoms with Crippen molar-refractivity contribution in [1.82, 2.24) is 4.72 Å². The van der Waals surface area contributed by atoms with Crippen LogP contribution in [0.3, 0.4) is 0 Å². The van der Waals surface area contributed by atoms with Gasteiger partial charge >= 0.3 is 6.18 Å². The van der Waals surface area contributed by atoms with Crippen LogP contribution < -0.4 is 4.72 Å². The van der Waals surface area contributed by atoms with E-state index in [0.717, 1.165) is 37.1 Å². The van der Waals surface area contributed by atoms with Gasteiger partial charge in [0.15, 0.2) is 0 Å². The third-order valence-electron chi connectivity index (χ3n) is 4.03. The van der Waals surface area contributed by atoms with Crippen molar-refractivity contribution in [1.29, 1.82) is 0 Å². The van der Waals surface area contributed by atoms with E-state index in [1.165, 1.54) is 0 Å². The number of rotatable bonds is 6. The average molecular weight is 367 g/mol. The molecule has 1 heterocycles. The summed E-state index contributed by atoms with van der Waals surface area (Å²) in [4.78, 5) is -0.240. The van der Waals surface area contributed by atoms with E-state index in [1.807, 2.05) is 0 Å². The Balaban J connectivity index is 1.89. The highest BCUT2D eigenvalue weighted by Crippen LogP contribution is 2.29. The third-order valence-corrected chi connectivity index (χ3v) is 5.51. The monoisotopic (exact) mass is 367 g/mol. The van der Waals surface area contributed by atoms with Crippen LogP contribution in [0.15, 0.2) is 29.2 Å². The molecule has 0 aromatic heterocycles. The summed E-state index contributed by atoms with van der Waals surface area (Å²) in [5.74, 6) is 0.0781. The fourth-order valence-electron chi connectivity index (χ4n) is 2.58. The Morgan fingerprint density at radius 1 is 1.21 bits per heavy atom. The summed E-state index contributed by atoms with van der Waals surface area (Å²) in [6, 6.07) is 3.29. The summed E-state index contributed by atoms with van der Waals surface area (Å²) in [6.07, 6.45) is -3.45. The summed E-state index contributed by atoms with van der Waals surface area (Å²) < 4.78 is 69.1. The van der Waals surface area contributed by atoms with Crippen LogP contribution in [-0.2, 0) is 20.9 Å². The van der Waals surface area contributed by atoms with Gasteiger partial charge in [0.25, 0.3) is 0 Å². The molecule has 0 aliphatic carbocycles. The van der Waals surface area contributed by atoms with Crippen molar-refractivity contribution in [2.24, 2.45) is 5.92 Å². The van der Waals surface area contributed by atoms with E-state index < -0.39 is 27.9 Å². The van der Waals surface area contributed by atoms with Gasteiger partial charge in [0.2, 0.25) is 10.0 Å². The van der Waals surface area contributed by atoms with Crippen LogP contribution in [0.4, 0.5) is 13.2 Å². The van der Waals surface area contributed by atoms with Gasteiger partial charge in [0.05, 0.1) is 16.6 Å². The van der Waals surface area contributed by atoms with Crippen LogP contribution in [0, 0.1) is 5.92 Å². The highest BCUT2D eigenvalue weighted by atomic mass is 32.2. The van der Waals surface area contributed by atoms with Gasteiger partial charge in [-0.15, -0.1) is 0 Å². The number of hydrogen-bond donors (Lipinski definition) is 2. The molecule has 2 N–H and O–H groups in total. The second kappa shape index (κ2) is 7.81. The molecule has 1 atom stereocenters. The molecule has 0 spiro atoms. The number of halogens is 3. The van der Waals surface area contributed by atoms with E-state index >= 15 is 0 Å². The van der Waals surface area contributed by atoms with Crippen LogP contribution in [0.25, 0.3) is 0 Å². The number of aliphatic hydroxyl groups excluding tert-OH is 1. The molecule has 0 radical (unpaired) electrons. The first-order valence-electron chi connectivity index (χ1n) is 7.63. The summed E-state index contributed by atoms with van der Waals surface area (Å²) in [6.45, 7) is 1.18. The average Bonchev–Trinajstić information content (AvgIpc) is 2.55. The fraction of sp³-hybridized carbons (Fsp3) is 0.600. The normalized spacial score (nSPS) is 18.5. The molecule has 136 valence electrons. The van der Waals surface area contributed by atoms with Gasteiger partial charge in [0.1, 0.15) is 0 Å².